The molecular formula is C30H32ClN3O2. The SMILES string of the molecule is Cc1ccccc1C(=O)c1ccc(Nc2ccccc2/C=C/CNC(=O)NC2CCCCC2)cc1Cl. The number of rotatable bonds is 8. The van der Waals surface area contributed by atoms with Crippen LogP contribution in [-0.4, -0.2) is 24.4 Å². The van der Waals surface area contributed by atoms with Crippen LogP contribution in [0.2, 0.25) is 5.02 Å². The monoisotopic (exact) mass is 501 g/mol. The summed E-state index contributed by atoms with van der Waals surface area (Å²) in [5, 5.41) is 9.75. The fourth-order valence-corrected chi connectivity index (χ4v) is 4.75. The fourth-order valence-electron chi connectivity index (χ4n) is 4.48. The number of halogens is 1. The lowest BCUT2D eigenvalue weighted by molar-refractivity contribution is 0.103. The van der Waals surface area contributed by atoms with Gasteiger partial charge in [0.05, 0.1) is 5.02 Å². The van der Waals surface area contributed by atoms with Crippen molar-refractivity contribution in [2.45, 2.75) is 45.1 Å². The second-order valence-electron chi connectivity index (χ2n) is 9.14. The normalized spacial score (nSPS) is 13.9. The summed E-state index contributed by atoms with van der Waals surface area (Å²) < 4.78 is 0. The highest BCUT2D eigenvalue weighted by atomic mass is 35.5. The molecule has 0 radical (unpaired) electrons. The third-order valence-electron chi connectivity index (χ3n) is 6.46. The molecule has 1 saturated carbocycles. The number of benzene rings is 3. The number of nitrogens with one attached hydrogen (secondary N) is 3. The minimum atomic E-state index is -0.118. The van der Waals surface area contributed by atoms with E-state index in [1.54, 1.807) is 12.1 Å². The van der Waals surface area contributed by atoms with E-state index in [1.807, 2.05) is 73.7 Å². The van der Waals surface area contributed by atoms with Crippen LogP contribution in [0.15, 0.2) is 72.8 Å². The van der Waals surface area contributed by atoms with Crippen molar-refractivity contribution >= 4 is 40.9 Å². The summed E-state index contributed by atoms with van der Waals surface area (Å²) in [5.41, 5.74) is 4.70. The minimum absolute atomic E-state index is 0.0898. The Kier molecular flexibility index (Phi) is 8.80. The van der Waals surface area contributed by atoms with Crippen LogP contribution in [0.25, 0.3) is 6.08 Å². The Morgan fingerprint density at radius 1 is 0.944 bits per heavy atom. The average molecular weight is 502 g/mol. The smallest absolute Gasteiger partial charge is 0.315 e. The maximum atomic E-state index is 13.0. The number of aryl methyl sites for hydroxylation is 1. The van der Waals surface area contributed by atoms with Crippen LogP contribution in [0.1, 0.15) is 59.2 Å². The molecule has 1 aliphatic rings. The lowest BCUT2D eigenvalue weighted by Gasteiger charge is -2.22. The van der Waals surface area contributed by atoms with Crippen LogP contribution in [-0.2, 0) is 0 Å². The Bertz CT molecular complexity index is 1250. The summed E-state index contributed by atoms with van der Waals surface area (Å²) >= 11 is 6.51. The van der Waals surface area contributed by atoms with E-state index in [9.17, 15) is 9.59 Å². The molecule has 6 heteroatoms. The van der Waals surface area contributed by atoms with Crippen molar-refractivity contribution in [3.63, 3.8) is 0 Å². The summed E-state index contributed by atoms with van der Waals surface area (Å²) in [7, 11) is 0. The van der Waals surface area contributed by atoms with Gasteiger partial charge in [0.2, 0.25) is 0 Å². The zero-order valence-corrected chi connectivity index (χ0v) is 21.3. The van der Waals surface area contributed by atoms with E-state index in [4.69, 9.17) is 11.6 Å². The number of anilines is 2. The predicted octanol–water partition coefficient (Wildman–Crippen LogP) is 7.27. The second kappa shape index (κ2) is 12.4. The highest BCUT2D eigenvalue weighted by molar-refractivity contribution is 6.35. The highest BCUT2D eigenvalue weighted by Gasteiger charge is 2.16. The molecule has 0 unspecified atom stereocenters. The minimum Gasteiger partial charge on any atom is -0.355 e. The third kappa shape index (κ3) is 6.76. The van der Waals surface area contributed by atoms with Gasteiger partial charge in [0, 0.05) is 35.1 Å². The van der Waals surface area contributed by atoms with Crippen LogP contribution < -0.4 is 16.0 Å². The number of hydrogen-bond donors (Lipinski definition) is 3. The Labute approximate surface area is 218 Å². The molecule has 1 fully saturated rings. The molecule has 2 amide bonds. The first-order chi connectivity index (χ1) is 17.5. The maximum Gasteiger partial charge on any atom is 0.315 e. The average Bonchev–Trinajstić information content (AvgIpc) is 2.88. The van der Waals surface area contributed by atoms with Crippen LogP contribution >= 0.6 is 11.6 Å². The van der Waals surface area contributed by atoms with Gasteiger partial charge in [-0.05, 0) is 55.2 Å². The van der Waals surface area contributed by atoms with Gasteiger partial charge < -0.3 is 16.0 Å². The van der Waals surface area contributed by atoms with Gasteiger partial charge in [0.15, 0.2) is 5.78 Å². The molecule has 0 atom stereocenters. The number of hydrogen-bond acceptors (Lipinski definition) is 3. The molecule has 3 N–H and O–H groups in total. The summed E-state index contributed by atoms with van der Waals surface area (Å²) in [4.78, 5) is 25.1. The number of urea groups is 1. The Morgan fingerprint density at radius 2 is 1.69 bits per heavy atom. The van der Waals surface area contributed by atoms with Crippen molar-refractivity contribution in [2.24, 2.45) is 0 Å². The van der Waals surface area contributed by atoms with Gasteiger partial charge in [0.1, 0.15) is 0 Å². The standard InChI is InChI=1S/C30H32ClN3O2/c1-21-10-5-7-15-25(21)29(35)26-18-17-24(20-27(26)31)33-28-16-8-6-11-22(28)12-9-19-32-30(36)34-23-13-3-2-4-14-23/h5-12,15-18,20,23,33H,2-4,13-14,19H2,1H3,(H2,32,34,36)/b12-9+. The molecule has 0 aromatic heterocycles. The molecule has 5 nitrogen and oxygen atoms in total. The van der Waals surface area contributed by atoms with Crippen molar-refractivity contribution in [2.75, 3.05) is 11.9 Å². The molecule has 3 aromatic carbocycles. The number of carbonyl (C=O) groups excluding carboxylic acids is 2. The van der Waals surface area contributed by atoms with E-state index >= 15 is 0 Å². The molecule has 36 heavy (non-hydrogen) atoms. The fraction of sp³-hybridized carbons (Fsp3) is 0.267. The van der Waals surface area contributed by atoms with E-state index in [-0.39, 0.29) is 17.9 Å². The van der Waals surface area contributed by atoms with E-state index in [1.165, 1.54) is 19.3 Å². The van der Waals surface area contributed by atoms with E-state index < -0.39 is 0 Å². The molecule has 0 saturated heterocycles. The quantitative estimate of drug-likeness (QED) is 0.284. The van der Waals surface area contributed by atoms with Crippen molar-refractivity contribution in [1.82, 2.24) is 10.6 Å². The molecule has 0 heterocycles. The van der Waals surface area contributed by atoms with E-state index in [0.29, 0.717) is 22.7 Å². The molecule has 1 aliphatic carbocycles. The summed E-state index contributed by atoms with van der Waals surface area (Å²) in [6.45, 7) is 2.36. The largest absolute Gasteiger partial charge is 0.355 e. The van der Waals surface area contributed by atoms with Crippen molar-refractivity contribution < 1.29 is 9.59 Å². The highest BCUT2D eigenvalue weighted by Crippen LogP contribution is 2.28. The van der Waals surface area contributed by atoms with Crippen LogP contribution in [0.5, 0.6) is 0 Å². The number of para-hydroxylation sites is 1. The zero-order chi connectivity index (χ0) is 25.3. The molecule has 0 spiro atoms. The molecular weight excluding hydrogens is 470 g/mol. The second-order valence-corrected chi connectivity index (χ2v) is 9.55. The Balaban J connectivity index is 1.37. The van der Waals surface area contributed by atoms with E-state index in [0.717, 1.165) is 35.3 Å². The van der Waals surface area contributed by atoms with Gasteiger partial charge in [-0.25, -0.2) is 4.79 Å². The molecule has 3 aromatic rings. The van der Waals surface area contributed by atoms with Crippen molar-refractivity contribution in [3.8, 4) is 0 Å². The van der Waals surface area contributed by atoms with Crippen LogP contribution in [0.4, 0.5) is 16.2 Å². The first-order valence-electron chi connectivity index (χ1n) is 12.5. The Morgan fingerprint density at radius 3 is 2.47 bits per heavy atom. The summed E-state index contributed by atoms with van der Waals surface area (Å²) in [6.07, 6.45) is 9.66. The lowest BCUT2D eigenvalue weighted by Crippen LogP contribution is -2.42. The first-order valence-corrected chi connectivity index (χ1v) is 12.9. The molecule has 4 rings (SSSR count). The summed E-state index contributed by atoms with van der Waals surface area (Å²) in [5.74, 6) is -0.0898. The predicted molar refractivity (Wildman–Crippen MR) is 148 cm³/mol. The van der Waals surface area contributed by atoms with E-state index in [2.05, 4.69) is 16.0 Å². The molecule has 186 valence electrons. The first kappa shape index (κ1) is 25.5. The Hall–Kier alpha value is -3.57. The summed E-state index contributed by atoms with van der Waals surface area (Å²) in [6, 6.07) is 20.9. The molecule has 0 bridgehead atoms. The van der Waals surface area contributed by atoms with Gasteiger partial charge in [-0.1, -0.05) is 85.5 Å². The van der Waals surface area contributed by atoms with Gasteiger partial charge in [-0.15, -0.1) is 0 Å². The van der Waals surface area contributed by atoms with Crippen LogP contribution in [0.3, 0.4) is 0 Å². The maximum absolute atomic E-state index is 13.0. The van der Waals surface area contributed by atoms with Crippen LogP contribution in [0, 0.1) is 6.92 Å². The van der Waals surface area contributed by atoms with Crippen molar-refractivity contribution in [3.05, 3.63) is 100 Å². The van der Waals surface area contributed by atoms with Crippen molar-refractivity contribution in [1.29, 1.82) is 0 Å². The lowest BCUT2D eigenvalue weighted by atomic mass is 9.96. The molecule has 0 aliphatic heterocycles. The van der Waals surface area contributed by atoms with Gasteiger partial charge >= 0.3 is 6.03 Å². The topological polar surface area (TPSA) is 70.2 Å². The number of carbonyl (C=O) groups is 2. The number of ketones is 1. The van der Waals surface area contributed by atoms with Gasteiger partial charge in [0.25, 0.3) is 0 Å². The number of amides is 2. The zero-order valence-electron chi connectivity index (χ0n) is 20.5. The van der Waals surface area contributed by atoms with Gasteiger partial charge in [-0.3, -0.25) is 4.79 Å². The van der Waals surface area contributed by atoms with Gasteiger partial charge in [-0.2, -0.15) is 0 Å². The third-order valence-corrected chi connectivity index (χ3v) is 6.77.